The number of nitriles is 1. The third-order valence-corrected chi connectivity index (χ3v) is 4.97. The van der Waals surface area contributed by atoms with Gasteiger partial charge in [0.1, 0.15) is 17.9 Å². The van der Waals surface area contributed by atoms with Gasteiger partial charge in [-0.1, -0.05) is 6.08 Å². The average molecular weight is 358 g/mol. The van der Waals surface area contributed by atoms with E-state index >= 15 is 0 Å². The first-order valence-corrected chi connectivity index (χ1v) is 9.18. The number of likely N-dealkylation sites (tertiary alicyclic amines) is 1. The zero-order chi connectivity index (χ0) is 18.9. The summed E-state index contributed by atoms with van der Waals surface area (Å²) in [5.74, 6) is 0.835. The Morgan fingerprint density at radius 2 is 2.23 bits per heavy atom. The summed E-state index contributed by atoms with van der Waals surface area (Å²) in [6.07, 6.45) is 7.58. The minimum atomic E-state index is -0.0168. The monoisotopic (exact) mass is 358 g/mol. The van der Waals surface area contributed by atoms with Crippen LogP contribution in [-0.4, -0.2) is 67.8 Å². The summed E-state index contributed by atoms with van der Waals surface area (Å²) in [5.41, 5.74) is 0.348. The number of rotatable bonds is 9. The molecule has 0 saturated carbocycles. The highest BCUT2D eigenvalue weighted by Crippen LogP contribution is 2.27. The number of hydrogen-bond acceptors (Lipinski definition) is 6. The van der Waals surface area contributed by atoms with Crippen LogP contribution in [0.4, 0.5) is 0 Å². The molecule has 0 amide bonds. The van der Waals surface area contributed by atoms with Crippen molar-refractivity contribution >= 4 is 0 Å². The molecule has 0 aromatic carbocycles. The molecule has 0 aliphatic carbocycles. The zero-order valence-corrected chi connectivity index (χ0v) is 16.1. The van der Waals surface area contributed by atoms with Gasteiger partial charge in [0, 0.05) is 24.8 Å². The molecular weight excluding hydrogens is 328 g/mol. The maximum atomic E-state index is 9.45. The molecule has 142 valence electrons. The molecule has 6 heteroatoms. The number of piperidine rings is 1. The van der Waals surface area contributed by atoms with Crippen LogP contribution in [0, 0.1) is 11.3 Å². The van der Waals surface area contributed by atoms with Crippen molar-refractivity contribution in [3.05, 3.63) is 30.5 Å². The van der Waals surface area contributed by atoms with Crippen LogP contribution in [0.1, 0.15) is 31.2 Å². The van der Waals surface area contributed by atoms with E-state index < -0.39 is 0 Å². The fourth-order valence-corrected chi connectivity index (χ4v) is 3.36. The van der Waals surface area contributed by atoms with Crippen molar-refractivity contribution in [3.63, 3.8) is 0 Å². The Labute approximate surface area is 157 Å². The van der Waals surface area contributed by atoms with Crippen LogP contribution in [0.3, 0.4) is 0 Å². The van der Waals surface area contributed by atoms with E-state index in [-0.39, 0.29) is 6.10 Å². The fraction of sp³-hybridized carbons (Fsp3) is 0.600. The molecule has 1 atom stereocenters. The van der Waals surface area contributed by atoms with Gasteiger partial charge in [0.05, 0.1) is 7.11 Å². The number of likely N-dealkylation sites (N-methyl/N-ethyl adjacent to an activating group) is 1. The standard InChI is InChI=1S/C20H30N4O2/c1-5-6-7-17(15-24(3)16-9-12-23(2)13-10-16)26-19-8-11-22-20(25-4)18(19)14-21/h5,8,11,16-17H,1,6-7,9-10,12-13,15H2,2-4H3/t17-/m0/s1. The summed E-state index contributed by atoms with van der Waals surface area (Å²) in [4.78, 5) is 8.85. The quantitative estimate of drug-likeness (QED) is 0.633. The third kappa shape index (κ3) is 5.45. The van der Waals surface area contributed by atoms with Gasteiger partial charge in [-0.3, -0.25) is 4.90 Å². The van der Waals surface area contributed by atoms with E-state index in [4.69, 9.17) is 9.47 Å². The molecule has 1 aromatic rings. The largest absolute Gasteiger partial charge is 0.487 e. The molecule has 1 aliphatic heterocycles. The molecule has 2 heterocycles. The van der Waals surface area contributed by atoms with Crippen molar-refractivity contribution in [2.45, 2.75) is 37.8 Å². The minimum Gasteiger partial charge on any atom is -0.487 e. The van der Waals surface area contributed by atoms with Crippen LogP contribution in [0.2, 0.25) is 0 Å². The fourth-order valence-electron chi connectivity index (χ4n) is 3.36. The van der Waals surface area contributed by atoms with E-state index in [1.54, 1.807) is 12.3 Å². The molecule has 2 rings (SSSR count). The van der Waals surface area contributed by atoms with E-state index in [0.717, 1.165) is 32.5 Å². The minimum absolute atomic E-state index is 0.0168. The van der Waals surface area contributed by atoms with Crippen LogP contribution in [0.25, 0.3) is 0 Å². The van der Waals surface area contributed by atoms with Gasteiger partial charge in [-0.15, -0.1) is 6.58 Å². The van der Waals surface area contributed by atoms with Crippen molar-refractivity contribution in [2.75, 3.05) is 40.8 Å². The molecule has 1 fully saturated rings. The first-order valence-electron chi connectivity index (χ1n) is 9.18. The highest BCUT2D eigenvalue weighted by Gasteiger charge is 2.24. The first kappa shape index (κ1) is 20.2. The molecule has 26 heavy (non-hydrogen) atoms. The van der Waals surface area contributed by atoms with Crippen LogP contribution in [-0.2, 0) is 0 Å². The van der Waals surface area contributed by atoms with Gasteiger partial charge in [0.25, 0.3) is 0 Å². The predicted molar refractivity (Wildman–Crippen MR) is 103 cm³/mol. The Hall–Kier alpha value is -2.10. The van der Waals surface area contributed by atoms with Gasteiger partial charge in [-0.2, -0.15) is 5.26 Å². The average Bonchev–Trinajstić information content (AvgIpc) is 2.66. The van der Waals surface area contributed by atoms with Gasteiger partial charge >= 0.3 is 0 Å². The van der Waals surface area contributed by atoms with Gasteiger partial charge in [0.2, 0.25) is 5.88 Å². The lowest BCUT2D eigenvalue weighted by atomic mass is 10.0. The maximum absolute atomic E-state index is 9.45. The summed E-state index contributed by atoms with van der Waals surface area (Å²) in [7, 11) is 5.85. The molecule has 0 bridgehead atoms. The molecule has 0 unspecified atom stereocenters. The number of nitrogens with zero attached hydrogens (tertiary/aromatic N) is 4. The number of methoxy groups -OCH3 is 1. The predicted octanol–water partition coefficient (Wildman–Crippen LogP) is 2.70. The van der Waals surface area contributed by atoms with E-state index in [1.807, 2.05) is 6.08 Å². The molecule has 1 aliphatic rings. The van der Waals surface area contributed by atoms with Crippen LogP contribution < -0.4 is 9.47 Å². The highest BCUT2D eigenvalue weighted by molar-refractivity contribution is 5.49. The lowest BCUT2D eigenvalue weighted by molar-refractivity contribution is 0.0872. The smallest absolute Gasteiger partial charge is 0.235 e. The second kappa shape index (κ2) is 10.1. The van der Waals surface area contributed by atoms with Crippen molar-refractivity contribution in [1.82, 2.24) is 14.8 Å². The number of aromatic nitrogens is 1. The van der Waals surface area contributed by atoms with Crippen molar-refractivity contribution in [3.8, 4) is 17.7 Å². The number of hydrogen-bond donors (Lipinski definition) is 0. The van der Waals surface area contributed by atoms with E-state index in [2.05, 4.69) is 41.5 Å². The van der Waals surface area contributed by atoms with Gasteiger partial charge < -0.3 is 14.4 Å². The lowest BCUT2D eigenvalue weighted by Gasteiger charge is -2.36. The van der Waals surface area contributed by atoms with Gasteiger partial charge in [-0.05, 0) is 52.9 Å². The normalized spacial score (nSPS) is 16.9. The van der Waals surface area contributed by atoms with Crippen molar-refractivity contribution < 1.29 is 9.47 Å². The Bertz CT molecular complexity index is 621. The summed E-state index contributed by atoms with van der Waals surface area (Å²) < 4.78 is 11.4. The van der Waals surface area contributed by atoms with E-state index in [9.17, 15) is 5.26 Å². The summed E-state index contributed by atoms with van der Waals surface area (Å²) in [6, 6.07) is 4.45. The number of pyridine rings is 1. The number of allylic oxidation sites excluding steroid dienone is 1. The SMILES string of the molecule is C=CCC[C@@H](CN(C)C1CCN(C)CC1)Oc1ccnc(OC)c1C#N. The maximum Gasteiger partial charge on any atom is 0.235 e. The summed E-state index contributed by atoms with van der Waals surface area (Å²) >= 11 is 0. The highest BCUT2D eigenvalue weighted by atomic mass is 16.5. The number of ether oxygens (including phenoxy) is 2. The lowest BCUT2D eigenvalue weighted by Crippen LogP contribution is -2.45. The van der Waals surface area contributed by atoms with E-state index in [0.29, 0.717) is 23.2 Å². The third-order valence-electron chi connectivity index (χ3n) is 4.97. The van der Waals surface area contributed by atoms with Crippen LogP contribution in [0.5, 0.6) is 11.6 Å². The summed E-state index contributed by atoms with van der Waals surface area (Å²) in [5, 5.41) is 9.45. The topological polar surface area (TPSA) is 61.6 Å². The van der Waals surface area contributed by atoms with Crippen LogP contribution in [0.15, 0.2) is 24.9 Å². The molecular formula is C20H30N4O2. The van der Waals surface area contributed by atoms with Gasteiger partial charge in [0.15, 0.2) is 5.56 Å². The van der Waals surface area contributed by atoms with Crippen molar-refractivity contribution in [1.29, 1.82) is 5.26 Å². The van der Waals surface area contributed by atoms with Crippen LogP contribution >= 0.6 is 0 Å². The molecule has 0 radical (unpaired) electrons. The van der Waals surface area contributed by atoms with Gasteiger partial charge in [-0.25, -0.2) is 4.98 Å². The Morgan fingerprint density at radius 3 is 2.85 bits per heavy atom. The molecule has 1 aromatic heterocycles. The van der Waals surface area contributed by atoms with E-state index in [1.165, 1.54) is 20.0 Å². The summed E-state index contributed by atoms with van der Waals surface area (Å²) in [6.45, 7) is 6.90. The Kier molecular flexibility index (Phi) is 7.89. The Morgan fingerprint density at radius 1 is 1.50 bits per heavy atom. The second-order valence-corrected chi connectivity index (χ2v) is 6.89. The Balaban J connectivity index is 2.07. The molecule has 6 nitrogen and oxygen atoms in total. The zero-order valence-electron chi connectivity index (χ0n) is 16.1. The van der Waals surface area contributed by atoms with Crippen molar-refractivity contribution in [2.24, 2.45) is 0 Å². The molecule has 1 saturated heterocycles. The first-order chi connectivity index (χ1) is 12.6. The molecule has 0 N–H and O–H groups in total. The molecule has 0 spiro atoms. The second-order valence-electron chi connectivity index (χ2n) is 6.89.